The lowest BCUT2D eigenvalue weighted by molar-refractivity contribution is -0.123. The van der Waals surface area contributed by atoms with E-state index in [0.29, 0.717) is 36.9 Å². The van der Waals surface area contributed by atoms with Crippen LogP contribution in [0.1, 0.15) is 11.4 Å². The van der Waals surface area contributed by atoms with Gasteiger partial charge in [-0.1, -0.05) is 48.0 Å². The first kappa shape index (κ1) is 24.4. The van der Waals surface area contributed by atoms with Crippen LogP contribution in [0.4, 0.5) is 0 Å². The number of ether oxygens (including phenoxy) is 2. The monoisotopic (exact) mass is 489 g/mol. The minimum absolute atomic E-state index is 0.0595. The predicted octanol–water partition coefficient (Wildman–Crippen LogP) is 5.23. The van der Waals surface area contributed by atoms with E-state index in [1.54, 1.807) is 24.3 Å². The van der Waals surface area contributed by atoms with Crippen LogP contribution in [0.25, 0.3) is 11.0 Å². The largest absolute Gasteiger partial charge is 0.491 e. The lowest BCUT2D eigenvalue weighted by Gasteiger charge is -2.13. The van der Waals surface area contributed by atoms with E-state index in [0.717, 1.165) is 34.6 Å². The molecule has 4 rings (SSSR count). The molecule has 0 unspecified atom stereocenters. The molecule has 0 fully saturated rings. The number of para-hydroxylation sites is 3. The molecule has 1 N–H and O–H groups in total. The summed E-state index contributed by atoms with van der Waals surface area (Å²) in [5, 5.41) is 3.53. The number of imidazole rings is 1. The molecule has 0 bridgehead atoms. The van der Waals surface area contributed by atoms with Gasteiger partial charge in [-0.2, -0.15) is 0 Å². The normalized spacial score (nSPS) is 10.8. The van der Waals surface area contributed by atoms with Crippen molar-refractivity contribution >= 4 is 28.5 Å². The number of hydrogen-bond acceptors (Lipinski definition) is 4. The third-order valence-electron chi connectivity index (χ3n) is 5.50. The standard InChI is InChI=1S/C28H28ClN3O3/c1-2-7-21-8-3-6-11-26(21)34-19-18-32-25-10-5-4-9-24(25)31-27(32)16-17-30-28(33)20-35-23-14-12-22(29)13-15-23/h2-6,8-15H,1,7,16-20H2,(H,30,33). The smallest absolute Gasteiger partial charge is 0.257 e. The number of aromatic nitrogens is 2. The first-order chi connectivity index (χ1) is 17.1. The van der Waals surface area contributed by atoms with E-state index >= 15 is 0 Å². The van der Waals surface area contributed by atoms with Crippen molar-refractivity contribution in [3.8, 4) is 11.5 Å². The Morgan fingerprint density at radius 1 is 1.03 bits per heavy atom. The molecular formula is C28H28ClN3O3. The fourth-order valence-electron chi connectivity index (χ4n) is 3.83. The zero-order valence-electron chi connectivity index (χ0n) is 19.5. The Balaban J connectivity index is 1.34. The third kappa shape index (κ3) is 6.64. The maximum absolute atomic E-state index is 12.2. The van der Waals surface area contributed by atoms with Crippen molar-refractivity contribution in [2.75, 3.05) is 19.8 Å². The number of nitrogens with one attached hydrogen (secondary N) is 1. The van der Waals surface area contributed by atoms with Crippen molar-refractivity contribution in [1.29, 1.82) is 0 Å². The van der Waals surface area contributed by atoms with E-state index in [1.807, 2.05) is 48.5 Å². The van der Waals surface area contributed by atoms with Gasteiger partial charge in [-0.25, -0.2) is 4.98 Å². The number of rotatable bonds is 12. The molecule has 0 saturated heterocycles. The summed E-state index contributed by atoms with van der Waals surface area (Å²) in [4.78, 5) is 17.0. The first-order valence-corrected chi connectivity index (χ1v) is 11.9. The van der Waals surface area contributed by atoms with Crippen LogP contribution in [0.5, 0.6) is 11.5 Å². The maximum atomic E-state index is 12.2. The number of benzene rings is 3. The molecule has 0 aliphatic heterocycles. The molecule has 0 atom stereocenters. The van der Waals surface area contributed by atoms with Crippen LogP contribution >= 0.6 is 11.6 Å². The quantitative estimate of drug-likeness (QED) is 0.276. The van der Waals surface area contributed by atoms with Gasteiger partial charge >= 0.3 is 0 Å². The SMILES string of the molecule is C=CCc1ccccc1OCCn1c(CCNC(=O)COc2ccc(Cl)cc2)nc2ccccc21. The molecule has 0 radical (unpaired) electrons. The Morgan fingerprint density at radius 3 is 2.63 bits per heavy atom. The fraction of sp³-hybridized carbons (Fsp3) is 0.214. The highest BCUT2D eigenvalue weighted by molar-refractivity contribution is 6.30. The highest BCUT2D eigenvalue weighted by atomic mass is 35.5. The molecule has 180 valence electrons. The van der Waals surface area contributed by atoms with Gasteiger partial charge in [0.2, 0.25) is 0 Å². The van der Waals surface area contributed by atoms with E-state index < -0.39 is 0 Å². The highest BCUT2D eigenvalue weighted by Crippen LogP contribution is 2.20. The molecule has 0 aliphatic carbocycles. The van der Waals surface area contributed by atoms with E-state index in [9.17, 15) is 4.79 Å². The van der Waals surface area contributed by atoms with Crippen molar-refractivity contribution in [1.82, 2.24) is 14.9 Å². The van der Waals surface area contributed by atoms with Crippen molar-refractivity contribution in [3.63, 3.8) is 0 Å². The zero-order valence-corrected chi connectivity index (χ0v) is 20.2. The zero-order chi connectivity index (χ0) is 24.5. The van der Waals surface area contributed by atoms with Crippen molar-refractivity contribution in [2.24, 2.45) is 0 Å². The molecular weight excluding hydrogens is 462 g/mol. The van der Waals surface area contributed by atoms with Crippen LogP contribution in [-0.4, -0.2) is 35.2 Å². The van der Waals surface area contributed by atoms with Gasteiger partial charge in [0.15, 0.2) is 6.61 Å². The summed E-state index contributed by atoms with van der Waals surface area (Å²) in [6.45, 7) is 5.37. The van der Waals surface area contributed by atoms with E-state index in [4.69, 9.17) is 26.1 Å². The van der Waals surface area contributed by atoms with Crippen LogP contribution in [-0.2, 0) is 24.2 Å². The Bertz CT molecular complexity index is 1280. The minimum Gasteiger partial charge on any atom is -0.491 e. The third-order valence-corrected chi connectivity index (χ3v) is 5.75. The molecule has 1 heterocycles. The predicted molar refractivity (Wildman–Crippen MR) is 139 cm³/mol. The summed E-state index contributed by atoms with van der Waals surface area (Å²) >= 11 is 5.87. The number of hydrogen-bond donors (Lipinski definition) is 1. The number of fused-ring (bicyclic) bond motifs is 1. The van der Waals surface area contributed by atoms with Crippen LogP contribution in [0.15, 0.2) is 85.5 Å². The van der Waals surface area contributed by atoms with Gasteiger partial charge in [0.1, 0.15) is 23.9 Å². The van der Waals surface area contributed by atoms with Gasteiger partial charge in [-0.15, -0.1) is 6.58 Å². The summed E-state index contributed by atoms with van der Waals surface area (Å²) < 4.78 is 13.8. The molecule has 6 nitrogen and oxygen atoms in total. The second kappa shape index (κ2) is 12.1. The summed E-state index contributed by atoms with van der Waals surface area (Å²) in [6, 6.07) is 22.9. The fourth-order valence-corrected chi connectivity index (χ4v) is 3.95. The van der Waals surface area contributed by atoms with Crippen LogP contribution in [0.2, 0.25) is 5.02 Å². The lowest BCUT2D eigenvalue weighted by atomic mass is 10.1. The molecule has 3 aromatic carbocycles. The molecule has 7 heteroatoms. The molecule has 0 spiro atoms. The number of amides is 1. The van der Waals surface area contributed by atoms with Gasteiger partial charge in [0.05, 0.1) is 17.6 Å². The molecule has 1 amide bonds. The molecule has 35 heavy (non-hydrogen) atoms. The van der Waals surface area contributed by atoms with E-state index in [-0.39, 0.29) is 12.5 Å². The Hall–Kier alpha value is -3.77. The van der Waals surface area contributed by atoms with Crippen LogP contribution in [0, 0.1) is 0 Å². The number of halogens is 1. The number of carbonyl (C=O) groups excluding carboxylic acids is 1. The van der Waals surface area contributed by atoms with Crippen molar-refractivity contribution in [2.45, 2.75) is 19.4 Å². The number of carbonyl (C=O) groups is 1. The van der Waals surface area contributed by atoms with Gasteiger partial charge < -0.3 is 19.4 Å². The van der Waals surface area contributed by atoms with Crippen molar-refractivity contribution < 1.29 is 14.3 Å². The average molecular weight is 490 g/mol. The first-order valence-electron chi connectivity index (χ1n) is 11.5. The minimum atomic E-state index is -0.190. The van der Waals surface area contributed by atoms with Crippen LogP contribution < -0.4 is 14.8 Å². The van der Waals surface area contributed by atoms with Gasteiger partial charge in [-0.05, 0) is 54.4 Å². The summed E-state index contributed by atoms with van der Waals surface area (Å²) in [5.74, 6) is 2.17. The second-order valence-electron chi connectivity index (χ2n) is 7.96. The molecule has 4 aromatic rings. The molecule has 1 aromatic heterocycles. The van der Waals surface area contributed by atoms with Crippen LogP contribution in [0.3, 0.4) is 0 Å². The average Bonchev–Trinajstić information content (AvgIpc) is 3.22. The maximum Gasteiger partial charge on any atom is 0.257 e. The van der Waals surface area contributed by atoms with E-state index in [2.05, 4.69) is 22.5 Å². The number of nitrogens with zero attached hydrogens (tertiary/aromatic N) is 2. The van der Waals surface area contributed by atoms with Gasteiger partial charge in [0.25, 0.3) is 5.91 Å². The molecule has 0 aliphatic rings. The lowest BCUT2D eigenvalue weighted by Crippen LogP contribution is -2.31. The summed E-state index contributed by atoms with van der Waals surface area (Å²) in [7, 11) is 0. The Kier molecular flexibility index (Phi) is 8.41. The second-order valence-corrected chi connectivity index (χ2v) is 8.40. The highest BCUT2D eigenvalue weighted by Gasteiger charge is 2.12. The number of allylic oxidation sites excluding steroid dienone is 1. The Labute approximate surface area is 210 Å². The van der Waals surface area contributed by atoms with E-state index in [1.165, 1.54) is 0 Å². The summed E-state index contributed by atoms with van der Waals surface area (Å²) in [5.41, 5.74) is 3.08. The molecule has 0 saturated carbocycles. The van der Waals surface area contributed by atoms with Gasteiger partial charge in [0, 0.05) is 18.0 Å². The topological polar surface area (TPSA) is 65.4 Å². The van der Waals surface area contributed by atoms with Crippen molar-refractivity contribution in [3.05, 3.63) is 102 Å². The van der Waals surface area contributed by atoms with Gasteiger partial charge in [-0.3, -0.25) is 4.79 Å². The Morgan fingerprint density at radius 2 is 1.80 bits per heavy atom. The summed E-state index contributed by atoms with van der Waals surface area (Å²) in [6.07, 6.45) is 3.23.